The van der Waals surface area contributed by atoms with Crippen LogP contribution < -0.4 is 4.74 Å². The Labute approximate surface area is 191 Å². The van der Waals surface area contributed by atoms with Crippen LogP contribution in [-0.4, -0.2) is 82.6 Å². The Morgan fingerprint density at radius 2 is 1.70 bits per heavy atom. The number of benzene rings is 2. The highest BCUT2D eigenvalue weighted by molar-refractivity contribution is 6.06. The molecule has 0 saturated carbocycles. The van der Waals surface area contributed by atoms with Crippen molar-refractivity contribution in [3.8, 4) is 5.75 Å². The van der Waals surface area contributed by atoms with Crippen LogP contribution in [0.25, 0.3) is 6.08 Å². The number of ether oxygens (including phenoxy) is 2. The van der Waals surface area contributed by atoms with Crippen molar-refractivity contribution in [1.82, 2.24) is 5.01 Å². The summed E-state index contributed by atoms with van der Waals surface area (Å²) in [6.45, 7) is -0.536. The van der Waals surface area contributed by atoms with Crippen LogP contribution in [0.3, 0.4) is 0 Å². The minimum absolute atomic E-state index is 0.173. The molecule has 1 aliphatic rings. The van der Waals surface area contributed by atoms with Gasteiger partial charge in [0, 0.05) is 19.7 Å². The van der Waals surface area contributed by atoms with Crippen LogP contribution in [0.4, 0.5) is 5.69 Å². The van der Waals surface area contributed by atoms with Gasteiger partial charge in [-0.2, -0.15) is 0 Å². The van der Waals surface area contributed by atoms with E-state index in [2.05, 4.69) is 10.3 Å². The maximum atomic E-state index is 12.4. The Hall–Kier alpha value is -3.15. The number of nitrogens with zero attached hydrogens (tertiary/aromatic N) is 3. The number of allylic oxidation sites excluding steroid dienone is 1. The summed E-state index contributed by atoms with van der Waals surface area (Å²) in [4.78, 5) is 12.4. The lowest BCUT2D eigenvalue weighted by molar-refractivity contribution is -0.277. The molecule has 0 amide bonds. The van der Waals surface area contributed by atoms with Gasteiger partial charge in [0.05, 0.1) is 12.3 Å². The highest BCUT2D eigenvalue weighted by Crippen LogP contribution is 2.24. The number of carbonyl (C=O) groups is 1. The van der Waals surface area contributed by atoms with Gasteiger partial charge in [0.2, 0.25) is 6.29 Å². The van der Waals surface area contributed by atoms with Crippen LogP contribution >= 0.6 is 0 Å². The molecule has 176 valence electrons. The van der Waals surface area contributed by atoms with Gasteiger partial charge in [-0.25, -0.2) is 0 Å². The van der Waals surface area contributed by atoms with Gasteiger partial charge in [-0.3, -0.25) is 9.80 Å². The van der Waals surface area contributed by atoms with E-state index in [9.17, 15) is 25.2 Å². The third-order valence-corrected chi connectivity index (χ3v) is 4.90. The number of hydrogen-bond donors (Lipinski definition) is 4. The molecule has 0 aliphatic carbocycles. The second kappa shape index (κ2) is 11.1. The normalized spacial score (nSPS) is 25.5. The zero-order chi connectivity index (χ0) is 24.0. The van der Waals surface area contributed by atoms with E-state index in [1.807, 2.05) is 0 Å². The molecule has 2 aromatic rings. The third-order valence-electron chi connectivity index (χ3n) is 4.90. The van der Waals surface area contributed by atoms with Crippen molar-refractivity contribution in [2.45, 2.75) is 30.7 Å². The molecule has 3 rings (SSSR count). The van der Waals surface area contributed by atoms with Crippen LogP contribution in [0.15, 0.2) is 64.9 Å². The van der Waals surface area contributed by atoms with Gasteiger partial charge in [-0.15, -0.1) is 5.11 Å². The lowest BCUT2D eigenvalue weighted by Crippen LogP contribution is -2.60. The first kappa shape index (κ1) is 24.5. The fourth-order valence-corrected chi connectivity index (χ4v) is 3.06. The zero-order valence-corrected chi connectivity index (χ0v) is 18.2. The van der Waals surface area contributed by atoms with E-state index >= 15 is 0 Å². The van der Waals surface area contributed by atoms with Gasteiger partial charge < -0.3 is 29.9 Å². The summed E-state index contributed by atoms with van der Waals surface area (Å²) in [5, 5.41) is 48.5. The first-order valence-electron chi connectivity index (χ1n) is 10.3. The Morgan fingerprint density at radius 1 is 1.03 bits per heavy atom. The Morgan fingerprint density at radius 3 is 2.30 bits per heavy atom. The number of hydrogen-bond acceptors (Lipinski definition) is 9. The molecular weight excluding hydrogens is 430 g/mol. The average Bonchev–Trinajstić information content (AvgIpc) is 2.82. The van der Waals surface area contributed by atoms with Crippen molar-refractivity contribution in [2.24, 2.45) is 10.3 Å². The molecule has 1 heterocycles. The van der Waals surface area contributed by atoms with E-state index in [0.29, 0.717) is 17.0 Å². The summed E-state index contributed by atoms with van der Waals surface area (Å²) in [5.41, 5.74) is 1.89. The molecule has 5 atom stereocenters. The molecule has 0 unspecified atom stereocenters. The largest absolute Gasteiger partial charge is 0.462 e. The Kier molecular flexibility index (Phi) is 8.26. The molecule has 0 radical (unpaired) electrons. The number of rotatable bonds is 8. The summed E-state index contributed by atoms with van der Waals surface area (Å²) in [7, 11) is 3.53. The lowest BCUT2D eigenvalue weighted by Gasteiger charge is -2.39. The molecule has 33 heavy (non-hydrogen) atoms. The quantitative estimate of drug-likeness (QED) is 0.201. The van der Waals surface area contributed by atoms with E-state index in [1.54, 1.807) is 73.7 Å². The highest BCUT2D eigenvalue weighted by atomic mass is 16.7. The summed E-state index contributed by atoms with van der Waals surface area (Å²) < 4.78 is 10.9. The molecule has 1 saturated heterocycles. The molecule has 2 aromatic carbocycles. The minimum Gasteiger partial charge on any atom is -0.462 e. The molecule has 10 heteroatoms. The average molecular weight is 457 g/mol. The zero-order valence-electron chi connectivity index (χ0n) is 18.2. The molecule has 1 fully saturated rings. The number of carbonyl (C=O) groups excluding carboxylic acids is 1. The van der Waals surface area contributed by atoms with E-state index in [0.717, 1.165) is 5.56 Å². The Balaban J connectivity index is 1.59. The Bertz CT molecular complexity index is 975. The lowest BCUT2D eigenvalue weighted by atomic mass is 9.99. The van der Waals surface area contributed by atoms with E-state index in [-0.39, 0.29) is 5.78 Å². The predicted molar refractivity (Wildman–Crippen MR) is 119 cm³/mol. The van der Waals surface area contributed by atoms with Gasteiger partial charge in [-0.05, 0) is 48.0 Å². The number of aliphatic hydroxyl groups excluding tert-OH is 4. The maximum absolute atomic E-state index is 12.4. The van der Waals surface area contributed by atoms with Crippen LogP contribution in [0.5, 0.6) is 5.75 Å². The van der Waals surface area contributed by atoms with E-state index in [1.165, 1.54) is 6.08 Å². The van der Waals surface area contributed by atoms with Crippen LogP contribution in [-0.2, 0) is 4.74 Å². The van der Waals surface area contributed by atoms with Gasteiger partial charge in [0.25, 0.3) is 0 Å². The van der Waals surface area contributed by atoms with Gasteiger partial charge in [0.1, 0.15) is 30.2 Å². The fourth-order valence-electron chi connectivity index (χ4n) is 3.06. The summed E-state index contributed by atoms with van der Waals surface area (Å²) in [6.07, 6.45) is -3.66. The van der Waals surface area contributed by atoms with Crippen molar-refractivity contribution in [1.29, 1.82) is 0 Å². The smallest absolute Gasteiger partial charge is 0.229 e. The summed E-state index contributed by atoms with van der Waals surface area (Å²) in [6, 6.07) is 13.4. The van der Waals surface area contributed by atoms with Crippen LogP contribution in [0.2, 0.25) is 0 Å². The summed E-state index contributed by atoms with van der Waals surface area (Å²) in [5.74, 6) is 0.165. The van der Waals surface area contributed by atoms with Crippen molar-refractivity contribution >= 4 is 17.5 Å². The van der Waals surface area contributed by atoms with Crippen molar-refractivity contribution in [3.63, 3.8) is 0 Å². The van der Waals surface area contributed by atoms with Crippen LogP contribution in [0, 0.1) is 0 Å². The molecule has 4 N–H and O–H groups in total. The van der Waals surface area contributed by atoms with Gasteiger partial charge in [0.15, 0.2) is 5.78 Å². The van der Waals surface area contributed by atoms with E-state index in [4.69, 9.17) is 9.47 Å². The monoisotopic (exact) mass is 457 g/mol. The summed E-state index contributed by atoms with van der Waals surface area (Å²) >= 11 is 0. The topological polar surface area (TPSA) is 144 Å². The van der Waals surface area contributed by atoms with E-state index < -0.39 is 37.3 Å². The molecule has 1 aliphatic heterocycles. The number of ketones is 1. The van der Waals surface area contributed by atoms with Gasteiger partial charge in [-0.1, -0.05) is 23.4 Å². The molecule has 0 aromatic heterocycles. The second-order valence-electron chi connectivity index (χ2n) is 7.67. The van der Waals surface area contributed by atoms with Crippen molar-refractivity contribution in [3.05, 3.63) is 65.7 Å². The van der Waals surface area contributed by atoms with Crippen molar-refractivity contribution in [2.75, 3.05) is 20.7 Å². The maximum Gasteiger partial charge on any atom is 0.229 e. The standard InChI is InChI=1S/C23H27N3O7/c1-26(2)25-24-16-8-6-15(7-9-16)18(28)12-5-14-3-10-17(11-4-14)32-23-22(31)21(30)20(29)19(13-27)33-23/h3-12,19-23,27,29-31H,13H2,1-2H3/b12-5+,25-24+/t19-,20-,21+,22-,23-/m0/s1. The second-order valence-corrected chi connectivity index (χ2v) is 7.67. The number of aliphatic hydroxyl groups is 4. The molecule has 10 nitrogen and oxygen atoms in total. The molecule has 0 spiro atoms. The fraction of sp³-hybridized carbons (Fsp3) is 0.348. The molecule has 0 bridgehead atoms. The minimum atomic E-state index is -1.51. The predicted octanol–water partition coefficient (Wildman–Crippen LogP) is 1.32. The first-order chi connectivity index (χ1) is 15.8. The van der Waals surface area contributed by atoms with Crippen LogP contribution in [0.1, 0.15) is 15.9 Å². The third kappa shape index (κ3) is 6.44. The first-order valence-corrected chi connectivity index (χ1v) is 10.3. The van der Waals surface area contributed by atoms with Gasteiger partial charge >= 0.3 is 0 Å². The van der Waals surface area contributed by atoms with Crippen molar-refractivity contribution < 1.29 is 34.7 Å². The highest BCUT2D eigenvalue weighted by Gasteiger charge is 2.44. The molecular formula is C23H27N3O7. The SMILES string of the molecule is CN(C)/N=N/c1ccc(C(=O)/C=C/c2ccc(O[C@H]3O[C@@H](CO)[C@H](O)[C@@H](O)[C@@H]3O)cc2)cc1.